The highest BCUT2D eigenvalue weighted by Crippen LogP contribution is 2.29. The number of amides is 2. The molecule has 0 bridgehead atoms. The first-order valence-electron chi connectivity index (χ1n) is 11.9. The van der Waals surface area contributed by atoms with Crippen LogP contribution in [0, 0.1) is 0 Å². The van der Waals surface area contributed by atoms with Gasteiger partial charge in [-0.15, -0.1) is 0 Å². The molecule has 0 saturated carbocycles. The molecular formula is C28H30ClN3O5. The highest BCUT2D eigenvalue weighted by Gasteiger charge is 2.21. The molecule has 0 aliphatic rings. The van der Waals surface area contributed by atoms with Crippen molar-refractivity contribution < 1.29 is 23.8 Å². The second-order valence-electron chi connectivity index (χ2n) is 7.86. The summed E-state index contributed by atoms with van der Waals surface area (Å²) in [5.74, 6) is 0.623. The highest BCUT2D eigenvalue weighted by molar-refractivity contribution is 6.31. The smallest absolute Gasteiger partial charge is 0.407 e. The third kappa shape index (κ3) is 8.84. The molecule has 194 valence electrons. The van der Waals surface area contributed by atoms with E-state index in [1.807, 2.05) is 61.5 Å². The normalized spacial score (nSPS) is 11.5. The van der Waals surface area contributed by atoms with Crippen molar-refractivity contribution in [1.29, 1.82) is 0 Å². The number of hydrazone groups is 1. The maximum absolute atomic E-state index is 12.8. The minimum atomic E-state index is -0.863. The molecule has 0 heterocycles. The number of carbonyl (C=O) groups excluding carboxylic acids is 2. The lowest BCUT2D eigenvalue weighted by atomic mass is 10.1. The van der Waals surface area contributed by atoms with Crippen LogP contribution in [0.15, 0.2) is 77.9 Å². The molecular weight excluding hydrogens is 494 g/mol. The largest absolute Gasteiger partial charge is 0.490 e. The number of alkyl carbamates (subject to hydrolysis) is 1. The van der Waals surface area contributed by atoms with Crippen LogP contribution in [0.1, 0.15) is 30.5 Å². The van der Waals surface area contributed by atoms with E-state index >= 15 is 0 Å². The Hall–Kier alpha value is -4.04. The first kappa shape index (κ1) is 27.5. The van der Waals surface area contributed by atoms with Gasteiger partial charge in [0.15, 0.2) is 11.5 Å². The van der Waals surface area contributed by atoms with Crippen LogP contribution in [-0.4, -0.2) is 37.5 Å². The quantitative estimate of drug-likeness (QED) is 0.253. The van der Waals surface area contributed by atoms with Gasteiger partial charge in [-0.25, -0.2) is 10.2 Å². The van der Waals surface area contributed by atoms with Gasteiger partial charge in [0.05, 0.1) is 19.4 Å². The maximum Gasteiger partial charge on any atom is 0.407 e. The molecule has 0 aliphatic heterocycles. The predicted octanol–water partition coefficient (Wildman–Crippen LogP) is 5.13. The fourth-order valence-electron chi connectivity index (χ4n) is 3.39. The van der Waals surface area contributed by atoms with Crippen molar-refractivity contribution in [1.82, 2.24) is 10.7 Å². The molecule has 3 rings (SSSR count). The van der Waals surface area contributed by atoms with Crippen LogP contribution < -0.4 is 20.2 Å². The van der Waals surface area contributed by atoms with E-state index in [0.717, 1.165) is 11.1 Å². The second-order valence-corrected chi connectivity index (χ2v) is 8.27. The SMILES string of the molecule is CCOC(=O)N[C@@H](Cc1ccccc1)C(=O)N/N=C\c1ccc(OCc2ccccc2Cl)c(OCC)c1. The van der Waals surface area contributed by atoms with E-state index in [1.54, 1.807) is 25.1 Å². The lowest BCUT2D eigenvalue weighted by molar-refractivity contribution is -0.123. The summed E-state index contributed by atoms with van der Waals surface area (Å²) in [6, 6.07) is 21.3. The second kappa shape index (κ2) is 14.5. The molecule has 0 aliphatic carbocycles. The Balaban J connectivity index is 1.66. The topological polar surface area (TPSA) is 98.2 Å². The molecule has 0 unspecified atom stereocenters. The Bertz CT molecular complexity index is 1200. The van der Waals surface area contributed by atoms with Gasteiger partial charge < -0.3 is 19.5 Å². The number of rotatable bonds is 12. The lowest BCUT2D eigenvalue weighted by Gasteiger charge is -2.17. The summed E-state index contributed by atoms with van der Waals surface area (Å²) in [6.45, 7) is 4.51. The maximum atomic E-state index is 12.8. The van der Waals surface area contributed by atoms with Crippen LogP contribution in [0.2, 0.25) is 5.02 Å². The van der Waals surface area contributed by atoms with Crippen LogP contribution in [0.3, 0.4) is 0 Å². The molecule has 1 atom stereocenters. The Labute approximate surface area is 221 Å². The summed E-state index contributed by atoms with van der Waals surface area (Å²) in [5, 5.41) is 7.28. The zero-order chi connectivity index (χ0) is 26.5. The molecule has 0 fully saturated rings. The van der Waals surface area contributed by atoms with Gasteiger partial charge >= 0.3 is 6.09 Å². The van der Waals surface area contributed by atoms with E-state index in [2.05, 4.69) is 15.8 Å². The molecule has 2 amide bonds. The number of benzene rings is 3. The highest BCUT2D eigenvalue weighted by atomic mass is 35.5. The molecule has 0 radical (unpaired) electrons. The van der Waals surface area contributed by atoms with E-state index in [9.17, 15) is 9.59 Å². The minimum absolute atomic E-state index is 0.198. The number of carbonyl (C=O) groups is 2. The van der Waals surface area contributed by atoms with Crippen LogP contribution in [-0.2, 0) is 22.6 Å². The Morgan fingerprint density at radius 3 is 2.43 bits per heavy atom. The van der Waals surface area contributed by atoms with Crippen molar-refractivity contribution in [3.63, 3.8) is 0 Å². The van der Waals surface area contributed by atoms with E-state index < -0.39 is 18.0 Å². The van der Waals surface area contributed by atoms with Gasteiger partial charge in [-0.3, -0.25) is 4.79 Å². The van der Waals surface area contributed by atoms with E-state index in [0.29, 0.717) is 35.3 Å². The summed E-state index contributed by atoms with van der Waals surface area (Å²) >= 11 is 6.22. The monoisotopic (exact) mass is 523 g/mol. The predicted molar refractivity (Wildman–Crippen MR) is 143 cm³/mol. The Kier molecular flexibility index (Phi) is 10.8. The average molecular weight is 524 g/mol. The number of nitrogens with zero attached hydrogens (tertiary/aromatic N) is 1. The first-order valence-corrected chi connectivity index (χ1v) is 12.3. The summed E-state index contributed by atoms with van der Waals surface area (Å²) in [5.41, 5.74) is 4.93. The third-order valence-electron chi connectivity index (χ3n) is 5.16. The molecule has 3 aromatic rings. The van der Waals surface area contributed by atoms with Crippen molar-refractivity contribution in [2.75, 3.05) is 13.2 Å². The van der Waals surface area contributed by atoms with Crippen LogP contribution in [0.4, 0.5) is 4.79 Å². The van der Waals surface area contributed by atoms with Gasteiger partial charge in [-0.05, 0) is 49.2 Å². The van der Waals surface area contributed by atoms with Crippen LogP contribution in [0.5, 0.6) is 11.5 Å². The molecule has 37 heavy (non-hydrogen) atoms. The molecule has 0 saturated heterocycles. The van der Waals surface area contributed by atoms with Gasteiger partial charge in [0, 0.05) is 17.0 Å². The number of ether oxygens (including phenoxy) is 3. The van der Waals surface area contributed by atoms with Crippen molar-refractivity contribution >= 4 is 29.8 Å². The fraction of sp³-hybridized carbons (Fsp3) is 0.250. The zero-order valence-electron chi connectivity index (χ0n) is 20.8. The van der Waals surface area contributed by atoms with Gasteiger partial charge in [0.25, 0.3) is 5.91 Å². The average Bonchev–Trinajstić information content (AvgIpc) is 2.89. The van der Waals surface area contributed by atoms with Gasteiger partial charge in [0.2, 0.25) is 0 Å². The third-order valence-corrected chi connectivity index (χ3v) is 5.53. The number of hydrogen-bond acceptors (Lipinski definition) is 6. The summed E-state index contributed by atoms with van der Waals surface area (Å²) in [4.78, 5) is 24.7. The molecule has 0 spiro atoms. The molecule has 3 aromatic carbocycles. The summed E-state index contributed by atoms with van der Waals surface area (Å²) in [7, 11) is 0. The van der Waals surface area contributed by atoms with E-state index in [-0.39, 0.29) is 13.0 Å². The minimum Gasteiger partial charge on any atom is -0.490 e. The summed E-state index contributed by atoms with van der Waals surface area (Å²) in [6.07, 6.45) is 1.10. The fourth-order valence-corrected chi connectivity index (χ4v) is 3.58. The van der Waals surface area contributed by atoms with Crippen molar-refractivity contribution in [3.8, 4) is 11.5 Å². The number of hydrogen-bond donors (Lipinski definition) is 2. The zero-order valence-corrected chi connectivity index (χ0v) is 21.5. The molecule has 0 aromatic heterocycles. The first-order chi connectivity index (χ1) is 18.0. The van der Waals surface area contributed by atoms with Gasteiger partial charge in [0.1, 0.15) is 12.6 Å². The molecule has 2 N–H and O–H groups in total. The van der Waals surface area contributed by atoms with Gasteiger partial charge in [-0.2, -0.15) is 5.10 Å². The van der Waals surface area contributed by atoms with E-state index in [4.69, 9.17) is 25.8 Å². The Morgan fingerprint density at radius 1 is 0.946 bits per heavy atom. The van der Waals surface area contributed by atoms with Crippen molar-refractivity contribution in [3.05, 3.63) is 94.5 Å². The van der Waals surface area contributed by atoms with Crippen LogP contribution >= 0.6 is 11.6 Å². The standard InChI is InChI=1S/C28H30ClN3O5/c1-3-35-26-17-21(14-15-25(26)37-19-22-12-8-9-13-23(22)29)18-30-32-27(33)24(31-28(34)36-4-2)16-20-10-6-5-7-11-20/h5-15,17-18,24H,3-4,16,19H2,1-2H3,(H,31,34)(H,32,33)/b30-18-/t24-/m0/s1. The number of halogens is 1. The van der Waals surface area contributed by atoms with Crippen molar-refractivity contribution in [2.24, 2.45) is 5.10 Å². The van der Waals surface area contributed by atoms with Crippen molar-refractivity contribution in [2.45, 2.75) is 32.9 Å². The molecule has 8 nitrogen and oxygen atoms in total. The van der Waals surface area contributed by atoms with E-state index in [1.165, 1.54) is 6.21 Å². The Morgan fingerprint density at radius 2 is 1.70 bits per heavy atom. The lowest BCUT2D eigenvalue weighted by Crippen LogP contribution is -2.47. The van der Waals surface area contributed by atoms with Crippen LogP contribution in [0.25, 0.3) is 0 Å². The number of nitrogens with one attached hydrogen (secondary N) is 2. The summed E-state index contributed by atoms with van der Waals surface area (Å²) < 4.78 is 16.6. The molecule has 9 heteroatoms. The van der Waals surface area contributed by atoms with Gasteiger partial charge in [-0.1, -0.05) is 60.1 Å².